The molecule has 0 fully saturated rings. The largest absolute Gasteiger partial charge is 0.395 e. The second-order valence-corrected chi connectivity index (χ2v) is 12.1. The van der Waals surface area contributed by atoms with Gasteiger partial charge in [-0.05, 0) is 54.5 Å². The maximum Gasteiger partial charge on any atom is 0.262 e. The van der Waals surface area contributed by atoms with Crippen LogP contribution >= 0.6 is 22.9 Å². The molecule has 0 aliphatic rings. The van der Waals surface area contributed by atoms with Crippen LogP contribution in [0.4, 0.5) is 4.39 Å². The third-order valence-electron chi connectivity index (χ3n) is 5.50. The third-order valence-corrected chi connectivity index (χ3v) is 8.61. The molecule has 4 N–H and O–H groups in total. The number of sulfonamides is 1. The number of rotatable bonds is 12. The van der Waals surface area contributed by atoms with Crippen LogP contribution in [0.5, 0.6) is 0 Å². The van der Waals surface area contributed by atoms with Gasteiger partial charge >= 0.3 is 0 Å². The van der Waals surface area contributed by atoms with E-state index < -0.39 is 40.4 Å². The van der Waals surface area contributed by atoms with Gasteiger partial charge in [0, 0.05) is 17.3 Å². The second kappa shape index (κ2) is 12.8. The Morgan fingerprint density at radius 1 is 1.14 bits per heavy atom. The SMILES string of the molecule is CC(C)C[C@H](NC(=O)c1cc2ccccc2s1)C(=O)NCC[C@H](CO)NS(=O)(=O)c1ccc(F)cc1Cl. The number of thiophene rings is 1. The Bertz CT molecular complexity index is 1330. The summed E-state index contributed by atoms with van der Waals surface area (Å²) < 4.78 is 41.8. The van der Waals surface area contributed by atoms with Gasteiger partial charge in [0.05, 0.1) is 16.5 Å². The summed E-state index contributed by atoms with van der Waals surface area (Å²) in [6.45, 7) is 3.37. The molecule has 0 aliphatic carbocycles. The van der Waals surface area contributed by atoms with Crippen molar-refractivity contribution in [1.29, 1.82) is 0 Å². The van der Waals surface area contributed by atoms with Gasteiger partial charge in [-0.2, -0.15) is 0 Å². The molecule has 37 heavy (non-hydrogen) atoms. The second-order valence-electron chi connectivity index (χ2n) is 8.96. The number of hydrogen-bond acceptors (Lipinski definition) is 6. The minimum Gasteiger partial charge on any atom is -0.395 e. The van der Waals surface area contributed by atoms with Crippen LogP contribution < -0.4 is 15.4 Å². The zero-order valence-electron chi connectivity index (χ0n) is 20.3. The lowest BCUT2D eigenvalue weighted by Crippen LogP contribution is -2.48. The molecule has 0 unspecified atom stereocenters. The Labute approximate surface area is 224 Å². The minimum absolute atomic E-state index is 0.0388. The molecular weight excluding hydrogens is 541 g/mol. The number of nitrogens with one attached hydrogen (secondary N) is 3. The number of carbonyl (C=O) groups excluding carboxylic acids is 2. The standard InChI is InChI=1S/C25H29ClFN3O5S2/c1-15(2)11-20(29-25(33)22-12-16-5-3-4-6-21(16)36-22)24(32)28-10-9-18(14-31)30-37(34,35)23-8-7-17(27)13-19(23)26/h3-8,12-13,15,18,20,30-31H,9-11,14H2,1-2H3,(H,28,32)(H,29,33)/t18-,20+/m1/s1. The monoisotopic (exact) mass is 569 g/mol. The van der Waals surface area contributed by atoms with Gasteiger partial charge in [0.15, 0.2) is 0 Å². The first-order valence-electron chi connectivity index (χ1n) is 11.7. The van der Waals surface area contributed by atoms with Crippen LogP contribution in [-0.4, -0.2) is 50.6 Å². The van der Waals surface area contributed by atoms with Crippen molar-refractivity contribution in [2.45, 2.75) is 43.7 Å². The van der Waals surface area contributed by atoms with Crippen molar-refractivity contribution >= 4 is 54.9 Å². The molecule has 200 valence electrons. The van der Waals surface area contributed by atoms with Crippen molar-refractivity contribution < 1.29 is 27.5 Å². The van der Waals surface area contributed by atoms with Gasteiger partial charge in [-0.25, -0.2) is 17.5 Å². The van der Waals surface area contributed by atoms with E-state index in [1.807, 2.05) is 38.1 Å². The summed E-state index contributed by atoms with van der Waals surface area (Å²) in [5, 5.41) is 15.8. The Morgan fingerprint density at radius 2 is 1.86 bits per heavy atom. The highest BCUT2D eigenvalue weighted by Crippen LogP contribution is 2.25. The van der Waals surface area contributed by atoms with E-state index in [2.05, 4.69) is 15.4 Å². The van der Waals surface area contributed by atoms with Gasteiger partial charge in [-0.15, -0.1) is 11.3 Å². The molecule has 2 atom stereocenters. The molecule has 0 spiro atoms. The molecule has 0 radical (unpaired) electrons. The number of aliphatic hydroxyl groups is 1. The molecule has 2 aromatic carbocycles. The van der Waals surface area contributed by atoms with E-state index in [1.54, 1.807) is 6.07 Å². The molecule has 2 amide bonds. The highest BCUT2D eigenvalue weighted by Gasteiger charge is 2.25. The fraction of sp³-hybridized carbons (Fsp3) is 0.360. The van der Waals surface area contributed by atoms with Crippen molar-refractivity contribution in [3.63, 3.8) is 0 Å². The fourth-order valence-electron chi connectivity index (χ4n) is 3.68. The fourth-order valence-corrected chi connectivity index (χ4v) is 6.44. The summed E-state index contributed by atoms with van der Waals surface area (Å²) in [5.41, 5.74) is 0. The number of benzene rings is 2. The average Bonchev–Trinajstić information content (AvgIpc) is 3.27. The summed E-state index contributed by atoms with van der Waals surface area (Å²) in [6, 6.07) is 10.6. The summed E-state index contributed by atoms with van der Waals surface area (Å²) in [4.78, 5) is 25.9. The molecule has 1 heterocycles. The zero-order valence-corrected chi connectivity index (χ0v) is 22.7. The van der Waals surface area contributed by atoms with E-state index in [1.165, 1.54) is 11.3 Å². The average molecular weight is 570 g/mol. The lowest BCUT2D eigenvalue weighted by Gasteiger charge is -2.21. The Hall–Kier alpha value is -2.57. The van der Waals surface area contributed by atoms with E-state index in [9.17, 15) is 27.5 Å². The van der Waals surface area contributed by atoms with Gasteiger partial charge < -0.3 is 15.7 Å². The number of fused-ring (bicyclic) bond motifs is 1. The Balaban J connectivity index is 1.59. The lowest BCUT2D eigenvalue weighted by atomic mass is 10.0. The van der Waals surface area contributed by atoms with E-state index in [0.29, 0.717) is 11.3 Å². The van der Waals surface area contributed by atoms with Gasteiger partial charge in [-0.1, -0.05) is 43.6 Å². The van der Waals surface area contributed by atoms with E-state index in [-0.39, 0.29) is 34.7 Å². The molecule has 8 nitrogen and oxygen atoms in total. The van der Waals surface area contributed by atoms with Crippen LogP contribution in [0.2, 0.25) is 5.02 Å². The van der Waals surface area contributed by atoms with E-state index in [0.717, 1.165) is 28.3 Å². The molecule has 0 saturated heterocycles. The predicted molar refractivity (Wildman–Crippen MR) is 143 cm³/mol. The van der Waals surface area contributed by atoms with Crippen molar-refractivity contribution in [3.8, 4) is 0 Å². The van der Waals surface area contributed by atoms with Gasteiger partial charge in [-0.3, -0.25) is 9.59 Å². The normalized spacial score (nSPS) is 13.5. The third kappa shape index (κ3) is 7.96. The molecule has 12 heteroatoms. The smallest absolute Gasteiger partial charge is 0.262 e. The van der Waals surface area contributed by atoms with Crippen molar-refractivity contribution in [3.05, 3.63) is 64.2 Å². The van der Waals surface area contributed by atoms with Crippen LogP contribution in [0.1, 0.15) is 36.4 Å². The predicted octanol–water partition coefficient (Wildman–Crippen LogP) is 3.68. The van der Waals surface area contributed by atoms with E-state index >= 15 is 0 Å². The van der Waals surface area contributed by atoms with Crippen LogP contribution in [0.15, 0.2) is 53.4 Å². The highest BCUT2D eigenvalue weighted by molar-refractivity contribution is 7.89. The first-order chi connectivity index (χ1) is 17.5. The van der Waals surface area contributed by atoms with Crippen LogP contribution in [0.25, 0.3) is 10.1 Å². The molecule has 3 rings (SSSR count). The zero-order chi connectivity index (χ0) is 27.2. The van der Waals surface area contributed by atoms with Crippen molar-refractivity contribution in [2.75, 3.05) is 13.2 Å². The molecule has 1 aromatic heterocycles. The van der Waals surface area contributed by atoms with Gasteiger partial charge in [0.25, 0.3) is 5.91 Å². The summed E-state index contributed by atoms with van der Waals surface area (Å²) >= 11 is 7.20. The Morgan fingerprint density at radius 3 is 2.51 bits per heavy atom. The van der Waals surface area contributed by atoms with Crippen LogP contribution in [-0.2, 0) is 14.8 Å². The summed E-state index contributed by atoms with van der Waals surface area (Å²) in [6.07, 6.45) is 0.473. The highest BCUT2D eigenvalue weighted by atomic mass is 35.5. The number of hydrogen-bond donors (Lipinski definition) is 4. The minimum atomic E-state index is -4.14. The maximum atomic E-state index is 13.3. The molecule has 0 saturated carbocycles. The topological polar surface area (TPSA) is 125 Å². The van der Waals surface area contributed by atoms with Gasteiger partial charge in [0.1, 0.15) is 16.8 Å². The molecule has 3 aromatic rings. The summed E-state index contributed by atoms with van der Waals surface area (Å²) in [7, 11) is -4.14. The number of aliphatic hydroxyl groups excluding tert-OH is 1. The molecule has 0 aliphatic heterocycles. The lowest BCUT2D eigenvalue weighted by molar-refractivity contribution is -0.123. The maximum absolute atomic E-state index is 13.3. The first-order valence-corrected chi connectivity index (χ1v) is 14.3. The number of carbonyl (C=O) groups is 2. The molecule has 0 bridgehead atoms. The van der Waals surface area contributed by atoms with Crippen LogP contribution in [0.3, 0.4) is 0 Å². The van der Waals surface area contributed by atoms with Crippen LogP contribution in [0, 0.1) is 11.7 Å². The Kier molecular flexibility index (Phi) is 10.0. The first kappa shape index (κ1) is 29.0. The van der Waals surface area contributed by atoms with Crippen molar-refractivity contribution in [2.24, 2.45) is 5.92 Å². The number of amides is 2. The molecular formula is C25H29ClFN3O5S2. The quantitative estimate of drug-likeness (QED) is 0.265. The van der Waals surface area contributed by atoms with Crippen molar-refractivity contribution in [1.82, 2.24) is 15.4 Å². The van der Waals surface area contributed by atoms with E-state index in [4.69, 9.17) is 11.6 Å². The van der Waals surface area contributed by atoms with Gasteiger partial charge in [0.2, 0.25) is 15.9 Å². The number of halogens is 2. The summed E-state index contributed by atoms with van der Waals surface area (Å²) in [5.74, 6) is -1.32.